The highest BCUT2D eigenvalue weighted by Crippen LogP contribution is 2.21. The van der Waals surface area contributed by atoms with Gasteiger partial charge in [-0.25, -0.2) is 0 Å². The van der Waals surface area contributed by atoms with Crippen LogP contribution in [0.4, 0.5) is 0 Å². The summed E-state index contributed by atoms with van der Waals surface area (Å²) in [5.74, 6) is 0. The van der Waals surface area contributed by atoms with Crippen molar-refractivity contribution in [1.29, 1.82) is 0 Å². The fourth-order valence-corrected chi connectivity index (χ4v) is 2.18. The third-order valence-corrected chi connectivity index (χ3v) is 3.18. The summed E-state index contributed by atoms with van der Waals surface area (Å²) >= 11 is 0. The minimum Gasteiger partial charge on any atom is -0.392 e. The number of piperidine rings is 1. The largest absolute Gasteiger partial charge is 0.392 e. The number of β-amino-alcohol motifs (C(OH)–C–C–N with tert-alkyl or cyclic N) is 1. The van der Waals surface area contributed by atoms with E-state index in [0.29, 0.717) is 12.6 Å². The third-order valence-electron chi connectivity index (χ3n) is 3.18. The molecule has 0 bridgehead atoms. The Morgan fingerprint density at radius 1 is 1.25 bits per heavy atom. The van der Waals surface area contributed by atoms with E-state index in [1.54, 1.807) is 0 Å². The molecule has 0 aromatic heterocycles. The van der Waals surface area contributed by atoms with Crippen molar-refractivity contribution in [2.24, 2.45) is 0 Å². The lowest BCUT2D eigenvalue weighted by Crippen LogP contribution is -2.42. The molecule has 3 heteroatoms. The van der Waals surface area contributed by atoms with Crippen LogP contribution in [-0.4, -0.2) is 28.9 Å². The topological polar surface area (TPSA) is 52.5 Å². The van der Waals surface area contributed by atoms with Gasteiger partial charge >= 0.3 is 0 Å². The molecule has 0 saturated carbocycles. The molecule has 0 radical (unpaired) electrons. The standard InChI is InChI=1S/C13H19NO2/c15-12-7-6-11(14-9-12)8-13(16)10-4-2-1-3-5-10/h1-5,11-16H,6-9H2/t11-,12-,13+/m1/s1. The van der Waals surface area contributed by atoms with Crippen LogP contribution in [0.2, 0.25) is 0 Å². The van der Waals surface area contributed by atoms with Gasteiger partial charge in [-0.3, -0.25) is 0 Å². The van der Waals surface area contributed by atoms with Gasteiger partial charge in [-0.2, -0.15) is 0 Å². The maximum absolute atomic E-state index is 10.0. The number of rotatable bonds is 3. The molecule has 16 heavy (non-hydrogen) atoms. The molecule has 0 unspecified atom stereocenters. The Morgan fingerprint density at radius 2 is 2.00 bits per heavy atom. The van der Waals surface area contributed by atoms with Crippen LogP contribution in [0.25, 0.3) is 0 Å². The molecule has 88 valence electrons. The van der Waals surface area contributed by atoms with E-state index in [1.807, 2.05) is 30.3 Å². The Bertz CT molecular complexity index is 307. The average Bonchev–Trinajstić information content (AvgIpc) is 2.33. The maximum atomic E-state index is 10.0. The van der Waals surface area contributed by atoms with Crippen molar-refractivity contribution in [1.82, 2.24) is 5.32 Å². The molecule has 1 aliphatic heterocycles. The van der Waals surface area contributed by atoms with Gasteiger partial charge < -0.3 is 15.5 Å². The van der Waals surface area contributed by atoms with E-state index in [-0.39, 0.29) is 6.10 Å². The highest BCUT2D eigenvalue weighted by atomic mass is 16.3. The predicted molar refractivity (Wildman–Crippen MR) is 63.1 cm³/mol. The minimum absolute atomic E-state index is 0.217. The summed E-state index contributed by atoms with van der Waals surface area (Å²) in [6.45, 7) is 0.645. The first kappa shape index (κ1) is 11.6. The van der Waals surface area contributed by atoms with Crippen molar-refractivity contribution in [3.8, 4) is 0 Å². The molecule has 0 aliphatic carbocycles. The van der Waals surface area contributed by atoms with Gasteiger partial charge in [0.25, 0.3) is 0 Å². The molecule has 1 aromatic carbocycles. The SMILES string of the molecule is O[C@@H]1CC[C@H](C[C@H](O)c2ccccc2)NC1. The smallest absolute Gasteiger partial charge is 0.0804 e. The lowest BCUT2D eigenvalue weighted by Gasteiger charge is -2.28. The summed E-state index contributed by atoms with van der Waals surface area (Å²) < 4.78 is 0. The monoisotopic (exact) mass is 221 g/mol. The van der Waals surface area contributed by atoms with Crippen LogP contribution in [0.3, 0.4) is 0 Å². The number of nitrogens with one attached hydrogen (secondary N) is 1. The van der Waals surface area contributed by atoms with E-state index in [2.05, 4.69) is 5.32 Å². The summed E-state index contributed by atoms with van der Waals surface area (Å²) in [5, 5.41) is 22.6. The Labute approximate surface area is 96.1 Å². The summed E-state index contributed by atoms with van der Waals surface area (Å²) in [7, 11) is 0. The fraction of sp³-hybridized carbons (Fsp3) is 0.538. The summed E-state index contributed by atoms with van der Waals surface area (Å²) in [6.07, 6.45) is 1.86. The first-order chi connectivity index (χ1) is 7.75. The zero-order valence-corrected chi connectivity index (χ0v) is 9.34. The highest BCUT2D eigenvalue weighted by molar-refractivity contribution is 5.17. The first-order valence-corrected chi connectivity index (χ1v) is 5.90. The van der Waals surface area contributed by atoms with Crippen LogP contribution in [0.5, 0.6) is 0 Å². The third kappa shape index (κ3) is 3.04. The van der Waals surface area contributed by atoms with Crippen molar-refractivity contribution in [3.63, 3.8) is 0 Å². The van der Waals surface area contributed by atoms with Crippen molar-refractivity contribution >= 4 is 0 Å². The first-order valence-electron chi connectivity index (χ1n) is 5.90. The van der Waals surface area contributed by atoms with Gasteiger partial charge in [0.15, 0.2) is 0 Å². The lowest BCUT2D eigenvalue weighted by atomic mass is 9.95. The predicted octanol–water partition coefficient (Wildman–Crippen LogP) is 1.22. The fourth-order valence-electron chi connectivity index (χ4n) is 2.18. The van der Waals surface area contributed by atoms with Crippen LogP contribution in [0.15, 0.2) is 30.3 Å². The van der Waals surface area contributed by atoms with Crippen LogP contribution in [0.1, 0.15) is 30.9 Å². The van der Waals surface area contributed by atoms with Crippen LogP contribution < -0.4 is 5.32 Å². The Morgan fingerprint density at radius 3 is 2.62 bits per heavy atom. The number of aliphatic hydroxyl groups is 2. The zero-order valence-electron chi connectivity index (χ0n) is 9.34. The zero-order chi connectivity index (χ0) is 11.4. The van der Waals surface area contributed by atoms with Crippen molar-refractivity contribution < 1.29 is 10.2 Å². The van der Waals surface area contributed by atoms with Crippen LogP contribution in [0, 0.1) is 0 Å². The molecular formula is C13H19NO2. The molecule has 1 fully saturated rings. The minimum atomic E-state index is -0.408. The van der Waals surface area contributed by atoms with Gasteiger partial charge in [0.1, 0.15) is 0 Å². The molecule has 3 N–H and O–H groups in total. The van der Waals surface area contributed by atoms with Gasteiger partial charge in [0.2, 0.25) is 0 Å². The van der Waals surface area contributed by atoms with Crippen LogP contribution >= 0.6 is 0 Å². The van der Waals surface area contributed by atoms with E-state index in [4.69, 9.17) is 0 Å². The van der Waals surface area contributed by atoms with Gasteiger partial charge in [0.05, 0.1) is 12.2 Å². The summed E-state index contributed by atoms with van der Waals surface area (Å²) in [6, 6.07) is 10.0. The number of aliphatic hydroxyl groups excluding tert-OH is 2. The Balaban J connectivity index is 1.86. The molecule has 3 nitrogen and oxygen atoms in total. The second kappa shape index (κ2) is 5.43. The second-order valence-electron chi connectivity index (χ2n) is 4.50. The van der Waals surface area contributed by atoms with Gasteiger partial charge in [-0.15, -0.1) is 0 Å². The molecule has 3 atom stereocenters. The lowest BCUT2D eigenvalue weighted by molar-refractivity contribution is 0.0989. The quantitative estimate of drug-likeness (QED) is 0.719. The van der Waals surface area contributed by atoms with Crippen molar-refractivity contribution in [2.45, 2.75) is 37.5 Å². The molecule has 1 saturated heterocycles. The van der Waals surface area contributed by atoms with Crippen molar-refractivity contribution in [2.75, 3.05) is 6.54 Å². The average molecular weight is 221 g/mol. The van der Waals surface area contributed by atoms with E-state index >= 15 is 0 Å². The Hall–Kier alpha value is -0.900. The van der Waals surface area contributed by atoms with Crippen molar-refractivity contribution in [3.05, 3.63) is 35.9 Å². The molecule has 1 heterocycles. The highest BCUT2D eigenvalue weighted by Gasteiger charge is 2.21. The summed E-state index contributed by atoms with van der Waals surface area (Å²) in [4.78, 5) is 0. The van der Waals surface area contributed by atoms with E-state index in [9.17, 15) is 10.2 Å². The summed E-state index contributed by atoms with van der Waals surface area (Å²) in [5.41, 5.74) is 0.968. The van der Waals surface area contributed by atoms with Crippen LogP contribution in [-0.2, 0) is 0 Å². The van der Waals surface area contributed by atoms with Gasteiger partial charge in [-0.1, -0.05) is 30.3 Å². The molecular weight excluding hydrogens is 202 g/mol. The van der Waals surface area contributed by atoms with E-state index in [1.165, 1.54) is 0 Å². The maximum Gasteiger partial charge on any atom is 0.0804 e. The molecule has 0 amide bonds. The number of benzene rings is 1. The van der Waals surface area contributed by atoms with Gasteiger partial charge in [-0.05, 0) is 24.8 Å². The molecule has 2 rings (SSSR count). The van der Waals surface area contributed by atoms with E-state index in [0.717, 1.165) is 24.8 Å². The molecule has 0 spiro atoms. The number of hydrogen-bond donors (Lipinski definition) is 3. The second-order valence-corrected chi connectivity index (χ2v) is 4.50. The Kier molecular flexibility index (Phi) is 3.93. The van der Waals surface area contributed by atoms with E-state index < -0.39 is 6.10 Å². The number of hydrogen-bond acceptors (Lipinski definition) is 3. The molecule has 1 aliphatic rings. The molecule has 1 aromatic rings. The van der Waals surface area contributed by atoms with Gasteiger partial charge in [0, 0.05) is 12.6 Å². The normalized spacial score (nSPS) is 27.6.